The van der Waals surface area contributed by atoms with Gasteiger partial charge in [0.15, 0.2) is 0 Å². The van der Waals surface area contributed by atoms with Crippen LogP contribution >= 0.6 is 0 Å². The van der Waals surface area contributed by atoms with E-state index in [1.807, 2.05) is 0 Å². The van der Waals surface area contributed by atoms with E-state index in [0.29, 0.717) is 64.3 Å². The third-order valence-electron chi connectivity index (χ3n) is 5.23. The number of rotatable bonds is 4. The summed E-state index contributed by atoms with van der Waals surface area (Å²) in [7, 11) is 0. The highest BCUT2D eigenvalue weighted by Gasteiger charge is 2.34. The van der Waals surface area contributed by atoms with Crippen molar-refractivity contribution in [2.24, 2.45) is 5.92 Å². The highest BCUT2D eigenvalue weighted by Crippen LogP contribution is 2.22. The van der Waals surface area contributed by atoms with Gasteiger partial charge in [-0.3, -0.25) is 9.59 Å². The van der Waals surface area contributed by atoms with Crippen molar-refractivity contribution in [3.63, 3.8) is 0 Å². The lowest BCUT2D eigenvalue weighted by atomic mass is 9.95. The second-order valence-corrected chi connectivity index (χ2v) is 7.15. The summed E-state index contributed by atoms with van der Waals surface area (Å²) >= 11 is 0. The quantitative estimate of drug-likeness (QED) is 0.786. The van der Waals surface area contributed by atoms with Gasteiger partial charge in [0.2, 0.25) is 11.8 Å². The number of nitrogens with zero attached hydrogens (tertiary/aromatic N) is 3. The molecular formula is C20H26FN3O4. The minimum atomic E-state index is -0.348. The molecule has 1 aromatic rings. The summed E-state index contributed by atoms with van der Waals surface area (Å²) in [6.07, 6.45) is 0.489. The van der Waals surface area contributed by atoms with Gasteiger partial charge in [-0.1, -0.05) is 12.1 Å². The summed E-state index contributed by atoms with van der Waals surface area (Å²) in [5, 5.41) is 0. The van der Waals surface area contributed by atoms with E-state index in [4.69, 9.17) is 4.74 Å². The maximum atomic E-state index is 13.4. The molecule has 152 valence electrons. The molecule has 8 heteroatoms. The van der Waals surface area contributed by atoms with Gasteiger partial charge in [-0.25, -0.2) is 9.18 Å². The van der Waals surface area contributed by atoms with Crippen LogP contribution in [0.3, 0.4) is 0 Å². The number of amides is 3. The fourth-order valence-corrected chi connectivity index (χ4v) is 3.71. The summed E-state index contributed by atoms with van der Waals surface area (Å²) in [4.78, 5) is 41.9. The molecule has 28 heavy (non-hydrogen) atoms. The van der Waals surface area contributed by atoms with Gasteiger partial charge in [-0.15, -0.1) is 0 Å². The summed E-state index contributed by atoms with van der Waals surface area (Å²) in [6, 6.07) is 6.16. The third kappa shape index (κ3) is 4.79. The number of hydrogen-bond donors (Lipinski definition) is 0. The Kier molecular flexibility index (Phi) is 6.49. The van der Waals surface area contributed by atoms with E-state index in [0.717, 1.165) is 0 Å². The van der Waals surface area contributed by atoms with Crippen LogP contribution in [-0.2, 0) is 20.9 Å². The van der Waals surface area contributed by atoms with Crippen LogP contribution < -0.4 is 0 Å². The zero-order valence-electron chi connectivity index (χ0n) is 16.1. The number of hydrogen-bond acceptors (Lipinski definition) is 4. The predicted molar refractivity (Wildman–Crippen MR) is 99.7 cm³/mol. The van der Waals surface area contributed by atoms with E-state index in [-0.39, 0.29) is 29.6 Å². The highest BCUT2D eigenvalue weighted by molar-refractivity contribution is 5.84. The average molecular weight is 391 g/mol. The molecule has 7 nitrogen and oxygen atoms in total. The molecule has 0 aromatic heterocycles. The zero-order chi connectivity index (χ0) is 20.1. The molecule has 3 rings (SSSR count). The van der Waals surface area contributed by atoms with Crippen molar-refractivity contribution in [2.45, 2.75) is 26.3 Å². The van der Waals surface area contributed by atoms with E-state index in [9.17, 15) is 18.8 Å². The SMILES string of the molecule is CCOC(=O)N1CCN(C(=O)[C@@H]2CCC(=O)N(Cc3cccc(F)c3)C2)CC1. The van der Waals surface area contributed by atoms with E-state index in [2.05, 4.69) is 0 Å². The van der Waals surface area contributed by atoms with Crippen molar-refractivity contribution >= 4 is 17.9 Å². The van der Waals surface area contributed by atoms with Gasteiger partial charge in [0.25, 0.3) is 0 Å². The Hall–Kier alpha value is -2.64. The Bertz CT molecular complexity index is 734. The Balaban J connectivity index is 1.55. The van der Waals surface area contributed by atoms with Crippen LogP contribution in [-0.4, -0.2) is 71.9 Å². The lowest BCUT2D eigenvalue weighted by Crippen LogP contribution is -2.54. The number of piperidine rings is 1. The standard InChI is InChI=1S/C20H26FN3O4/c1-2-28-20(27)23-10-8-22(9-11-23)19(26)16-6-7-18(25)24(14-16)13-15-4-3-5-17(21)12-15/h3-5,12,16H,2,6-11,13-14H2,1H3/t16-/m1/s1. The summed E-state index contributed by atoms with van der Waals surface area (Å²) < 4.78 is 18.4. The molecule has 1 aromatic carbocycles. The van der Waals surface area contributed by atoms with Crippen LogP contribution in [0.2, 0.25) is 0 Å². The Morgan fingerprint density at radius 2 is 1.89 bits per heavy atom. The Labute approximate surface area is 164 Å². The van der Waals surface area contributed by atoms with E-state index >= 15 is 0 Å². The lowest BCUT2D eigenvalue weighted by molar-refractivity contribution is -0.144. The topological polar surface area (TPSA) is 70.2 Å². The first-order valence-corrected chi connectivity index (χ1v) is 9.70. The largest absolute Gasteiger partial charge is 0.450 e. The van der Waals surface area contributed by atoms with Gasteiger partial charge in [-0.2, -0.15) is 0 Å². The number of likely N-dealkylation sites (tertiary alicyclic amines) is 1. The molecule has 1 atom stereocenters. The molecule has 2 aliphatic rings. The molecule has 0 unspecified atom stereocenters. The molecule has 2 saturated heterocycles. The second kappa shape index (κ2) is 9.03. The molecule has 0 spiro atoms. The minimum absolute atomic E-state index is 0.0135. The second-order valence-electron chi connectivity index (χ2n) is 7.15. The molecule has 0 saturated carbocycles. The van der Waals surface area contributed by atoms with Crippen LogP contribution in [0, 0.1) is 11.7 Å². The predicted octanol–water partition coefficient (Wildman–Crippen LogP) is 1.86. The number of halogens is 1. The molecular weight excluding hydrogens is 365 g/mol. The highest BCUT2D eigenvalue weighted by atomic mass is 19.1. The van der Waals surface area contributed by atoms with Gasteiger partial charge in [0.1, 0.15) is 5.82 Å². The molecule has 0 bridgehead atoms. The fraction of sp³-hybridized carbons (Fsp3) is 0.550. The maximum Gasteiger partial charge on any atom is 0.409 e. The lowest BCUT2D eigenvalue weighted by Gasteiger charge is -2.38. The molecule has 0 radical (unpaired) electrons. The Morgan fingerprint density at radius 1 is 1.18 bits per heavy atom. The van der Waals surface area contributed by atoms with Crippen molar-refractivity contribution in [3.8, 4) is 0 Å². The summed E-state index contributed by atoms with van der Waals surface area (Å²) in [5.41, 5.74) is 0.712. The first-order valence-electron chi connectivity index (χ1n) is 9.70. The van der Waals surface area contributed by atoms with Crippen LogP contribution in [0.5, 0.6) is 0 Å². The van der Waals surface area contributed by atoms with Crippen LogP contribution in [0.4, 0.5) is 9.18 Å². The first kappa shape index (κ1) is 20.1. The fourth-order valence-electron chi connectivity index (χ4n) is 3.71. The van der Waals surface area contributed by atoms with Crippen molar-refractivity contribution in [3.05, 3.63) is 35.6 Å². The average Bonchev–Trinajstić information content (AvgIpc) is 2.69. The number of ether oxygens (including phenoxy) is 1. The number of piperazine rings is 1. The number of carbonyl (C=O) groups is 3. The number of carbonyl (C=O) groups excluding carboxylic acids is 3. The van der Waals surface area contributed by atoms with Crippen LogP contribution in [0.15, 0.2) is 24.3 Å². The van der Waals surface area contributed by atoms with Crippen molar-refractivity contribution < 1.29 is 23.5 Å². The van der Waals surface area contributed by atoms with E-state index in [1.54, 1.807) is 33.8 Å². The van der Waals surface area contributed by atoms with Gasteiger partial charge < -0.3 is 19.4 Å². The first-order chi connectivity index (χ1) is 13.5. The van der Waals surface area contributed by atoms with Gasteiger partial charge in [0.05, 0.1) is 12.5 Å². The molecule has 0 aliphatic carbocycles. The van der Waals surface area contributed by atoms with Gasteiger partial charge in [0, 0.05) is 45.7 Å². The van der Waals surface area contributed by atoms with Crippen molar-refractivity contribution in [1.82, 2.24) is 14.7 Å². The Morgan fingerprint density at radius 3 is 2.57 bits per heavy atom. The third-order valence-corrected chi connectivity index (χ3v) is 5.23. The monoisotopic (exact) mass is 391 g/mol. The maximum absolute atomic E-state index is 13.4. The molecule has 0 N–H and O–H groups in total. The number of benzene rings is 1. The smallest absolute Gasteiger partial charge is 0.409 e. The summed E-state index contributed by atoms with van der Waals surface area (Å²) in [5.74, 6) is -0.602. The van der Waals surface area contributed by atoms with Gasteiger partial charge >= 0.3 is 6.09 Å². The summed E-state index contributed by atoms with van der Waals surface area (Å²) in [6.45, 7) is 4.56. The van der Waals surface area contributed by atoms with E-state index in [1.165, 1.54) is 12.1 Å². The molecule has 3 amide bonds. The normalized spacial score (nSPS) is 20.3. The molecule has 2 aliphatic heterocycles. The molecule has 2 fully saturated rings. The van der Waals surface area contributed by atoms with Gasteiger partial charge in [-0.05, 0) is 31.0 Å². The van der Waals surface area contributed by atoms with Crippen LogP contribution in [0.25, 0.3) is 0 Å². The molecule has 2 heterocycles. The zero-order valence-corrected chi connectivity index (χ0v) is 16.1. The van der Waals surface area contributed by atoms with E-state index < -0.39 is 0 Å². The van der Waals surface area contributed by atoms with Crippen LogP contribution in [0.1, 0.15) is 25.3 Å². The minimum Gasteiger partial charge on any atom is -0.450 e. The van der Waals surface area contributed by atoms with Crippen molar-refractivity contribution in [1.29, 1.82) is 0 Å². The van der Waals surface area contributed by atoms with Crippen molar-refractivity contribution in [2.75, 3.05) is 39.3 Å².